The van der Waals surface area contributed by atoms with E-state index >= 15 is 0 Å². The number of halogens is 1. The zero-order valence-corrected chi connectivity index (χ0v) is 11.5. The first-order valence-corrected chi connectivity index (χ1v) is 6.44. The average Bonchev–Trinajstić information content (AvgIpc) is 2.87. The number of aliphatic hydroxyl groups is 1. The number of rotatable bonds is 4. The third-order valence-corrected chi connectivity index (χ3v) is 3.47. The van der Waals surface area contributed by atoms with Crippen molar-refractivity contribution in [2.75, 3.05) is 6.61 Å². The minimum absolute atomic E-state index is 0.0468. The van der Waals surface area contributed by atoms with Crippen LogP contribution in [0.25, 0.3) is 0 Å². The maximum absolute atomic E-state index is 14.5. The number of hydrogen-bond donors (Lipinski definition) is 1. The van der Waals surface area contributed by atoms with Gasteiger partial charge in [0.25, 0.3) is 5.91 Å². The molecule has 1 aromatic rings. The van der Waals surface area contributed by atoms with Crippen LogP contribution in [-0.4, -0.2) is 40.4 Å². The smallest absolute Gasteiger partial charge is 0.417 e. The van der Waals surface area contributed by atoms with Gasteiger partial charge in [-0.05, 0) is 12.5 Å². The van der Waals surface area contributed by atoms with Gasteiger partial charge in [0.05, 0.1) is 0 Å². The van der Waals surface area contributed by atoms with Gasteiger partial charge in [0, 0.05) is 0 Å². The Balaban J connectivity index is 2.33. The third-order valence-electron chi connectivity index (χ3n) is 3.47. The maximum Gasteiger partial charge on any atom is 0.417 e. The lowest BCUT2D eigenvalue weighted by molar-refractivity contribution is -0.146. The van der Waals surface area contributed by atoms with Crippen LogP contribution in [0, 0.1) is 0 Å². The van der Waals surface area contributed by atoms with Crippen molar-refractivity contribution in [3.63, 3.8) is 0 Å². The molecule has 21 heavy (non-hydrogen) atoms. The zero-order valence-electron chi connectivity index (χ0n) is 11.5. The van der Waals surface area contributed by atoms with E-state index in [1.165, 1.54) is 0 Å². The molecule has 0 aliphatic carbocycles. The van der Waals surface area contributed by atoms with Gasteiger partial charge in [-0.3, -0.25) is 4.79 Å². The quantitative estimate of drug-likeness (QED) is 0.862. The van der Waals surface area contributed by atoms with Gasteiger partial charge in [-0.15, -0.1) is 6.58 Å². The van der Waals surface area contributed by atoms with Gasteiger partial charge in [0.2, 0.25) is 5.67 Å². The minimum Gasteiger partial charge on any atom is -0.446 e. The molecule has 2 amide bonds. The van der Waals surface area contributed by atoms with Gasteiger partial charge in [-0.2, -0.15) is 0 Å². The Bertz CT molecular complexity index is 558. The predicted octanol–water partition coefficient (Wildman–Crippen LogP) is 1.98. The number of amides is 2. The molecule has 1 aromatic carbocycles. The first kappa shape index (κ1) is 15.2. The van der Waals surface area contributed by atoms with Crippen molar-refractivity contribution in [1.29, 1.82) is 0 Å². The van der Waals surface area contributed by atoms with Crippen molar-refractivity contribution in [3.8, 4) is 0 Å². The lowest BCUT2D eigenvalue weighted by atomic mass is 9.97. The highest BCUT2D eigenvalue weighted by Gasteiger charge is 2.50. The molecule has 0 aromatic heterocycles. The zero-order chi connectivity index (χ0) is 15.6. The Hall–Kier alpha value is -2.21. The molecule has 0 radical (unpaired) electrons. The van der Waals surface area contributed by atoms with Crippen molar-refractivity contribution in [1.82, 2.24) is 4.90 Å². The molecule has 1 heterocycles. The van der Waals surface area contributed by atoms with Crippen molar-refractivity contribution in [2.45, 2.75) is 24.7 Å². The summed E-state index contributed by atoms with van der Waals surface area (Å²) in [5, 5.41) is 9.57. The van der Waals surface area contributed by atoms with Crippen LogP contribution in [0.2, 0.25) is 0 Å². The van der Waals surface area contributed by atoms with E-state index in [0.29, 0.717) is 10.5 Å². The minimum atomic E-state index is -2.65. The van der Waals surface area contributed by atoms with E-state index in [1.54, 1.807) is 30.3 Å². The number of benzene rings is 1. The van der Waals surface area contributed by atoms with Gasteiger partial charge >= 0.3 is 6.09 Å². The fraction of sp³-hybridized carbons (Fsp3) is 0.333. The predicted molar refractivity (Wildman–Crippen MR) is 73.1 cm³/mol. The molecule has 1 saturated heterocycles. The summed E-state index contributed by atoms with van der Waals surface area (Å²) in [6, 6.07) is 7.99. The first-order chi connectivity index (χ1) is 9.89. The van der Waals surface area contributed by atoms with Crippen LogP contribution < -0.4 is 0 Å². The van der Waals surface area contributed by atoms with Crippen molar-refractivity contribution >= 4 is 12.0 Å². The number of hydrogen-bond acceptors (Lipinski definition) is 4. The normalized spacial score (nSPS) is 22.3. The number of cyclic esters (lactones) is 1. The molecule has 0 spiro atoms. The summed E-state index contributed by atoms with van der Waals surface area (Å²) >= 11 is 0. The topological polar surface area (TPSA) is 66.8 Å². The molecule has 1 N–H and O–H groups in total. The van der Waals surface area contributed by atoms with Crippen LogP contribution in [0.1, 0.15) is 18.5 Å². The Morgan fingerprint density at radius 3 is 2.76 bits per heavy atom. The van der Waals surface area contributed by atoms with Crippen molar-refractivity contribution in [2.24, 2.45) is 0 Å². The highest BCUT2D eigenvalue weighted by molar-refractivity contribution is 5.98. The van der Waals surface area contributed by atoms with Gasteiger partial charge < -0.3 is 9.84 Å². The van der Waals surface area contributed by atoms with Gasteiger partial charge in [0.15, 0.2) is 0 Å². The second-order valence-corrected chi connectivity index (χ2v) is 4.93. The summed E-state index contributed by atoms with van der Waals surface area (Å²) in [6.45, 7) is 4.12. The number of ether oxygens (including phenoxy) is 1. The second kappa shape index (κ2) is 5.65. The van der Waals surface area contributed by atoms with Crippen LogP contribution >= 0.6 is 0 Å². The lowest BCUT2D eigenvalue weighted by Gasteiger charge is -2.29. The van der Waals surface area contributed by atoms with Crippen molar-refractivity contribution < 1.29 is 23.8 Å². The SMILES string of the molecule is C=C[C@@H](O)C(C)(F)C(=O)N1C(=O)OCC1c1ccccc1. The largest absolute Gasteiger partial charge is 0.446 e. The maximum atomic E-state index is 14.5. The number of imide groups is 1. The molecule has 1 aliphatic heterocycles. The summed E-state index contributed by atoms with van der Waals surface area (Å²) in [7, 11) is 0. The van der Waals surface area contributed by atoms with E-state index in [-0.39, 0.29) is 6.61 Å². The standard InChI is InChI=1S/C15H16FNO4/c1-3-12(18)15(2,16)13(19)17-11(9-21-14(17)20)10-7-5-4-6-8-10/h3-8,11-12,18H,1,9H2,2H3/t11?,12-,15?/m1/s1. The number of aliphatic hydroxyl groups excluding tert-OH is 1. The Morgan fingerprint density at radius 2 is 2.19 bits per heavy atom. The van der Waals surface area contributed by atoms with Gasteiger partial charge in [0.1, 0.15) is 18.8 Å². The Morgan fingerprint density at radius 1 is 1.57 bits per heavy atom. The highest BCUT2D eigenvalue weighted by atomic mass is 19.1. The molecule has 1 fully saturated rings. The summed E-state index contributed by atoms with van der Waals surface area (Å²) in [5.74, 6) is -1.15. The van der Waals surface area contributed by atoms with E-state index in [0.717, 1.165) is 13.0 Å². The molecular formula is C15H16FNO4. The first-order valence-electron chi connectivity index (χ1n) is 6.44. The lowest BCUT2D eigenvalue weighted by Crippen LogP contribution is -2.51. The number of carbonyl (C=O) groups excluding carboxylic acids is 2. The number of carbonyl (C=O) groups is 2. The molecule has 2 rings (SSSR count). The molecule has 2 unspecified atom stereocenters. The molecule has 0 bridgehead atoms. The van der Waals surface area contributed by atoms with Crippen molar-refractivity contribution in [3.05, 3.63) is 48.6 Å². The van der Waals surface area contributed by atoms with Gasteiger partial charge in [-0.1, -0.05) is 36.4 Å². The second-order valence-electron chi connectivity index (χ2n) is 4.93. The van der Waals surface area contributed by atoms with E-state index in [2.05, 4.69) is 6.58 Å². The third kappa shape index (κ3) is 2.67. The summed E-state index contributed by atoms with van der Waals surface area (Å²) < 4.78 is 19.3. The monoisotopic (exact) mass is 293 g/mol. The van der Waals surface area contributed by atoms with E-state index in [9.17, 15) is 19.1 Å². The molecule has 6 heteroatoms. The van der Waals surface area contributed by atoms with E-state index in [4.69, 9.17) is 4.74 Å². The van der Waals surface area contributed by atoms with Crippen LogP contribution in [0.4, 0.5) is 9.18 Å². The molecule has 3 atom stereocenters. The number of alkyl halides is 1. The van der Waals surface area contributed by atoms with Crippen LogP contribution in [0.5, 0.6) is 0 Å². The fourth-order valence-electron chi connectivity index (χ4n) is 2.15. The molecule has 0 saturated carbocycles. The van der Waals surface area contributed by atoms with Gasteiger partial charge in [-0.25, -0.2) is 14.1 Å². The average molecular weight is 293 g/mol. The summed E-state index contributed by atoms with van der Waals surface area (Å²) in [5.41, 5.74) is -2.00. The molecular weight excluding hydrogens is 277 g/mol. The summed E-state index contributed by atoms with van der Waals surface area (Å²) in [4.78, 5) is 24.8. The van der Waals surface area contributed by atoms with E-state index < -0.39 is 29.8 Å². The Kier molecular flexibility index (Phi) is 4.09. The molecule has 1 aliphatic rings. The van der Waals surface area contributed by atoms with Crippen LogP contribution in [0.15, 0.2) is 43.0 Å². The van der Waals surface area contributed by atoms with E-state index in [1.807, 2.05) is 0 Å². The fourth-order valence-corrected chi connectivity index (χ4v) is 2.15. The Labute approximate surface area is 121 Å². The van der Waals surface area contributed by atoms with Crippen LogP contribution in [-0.2, 0) is 9.53 Å². The molecule has 112 valence electrons. The molecule has 5 nitrogen and oxygen atoms in total. The summed E-state index contributed by atoms with van der Waals surface area (Å²) in [6.07, 6.45) is -1.72. The number of nitrogens with zero attached hydrogens (tertiary/aromatic N) is 1. The van der Waals surface area contributed by atoms with Crippen LogP contribution in [0.3, 0.4) is 0 Å². The highest BCUT2D eigenvalue weighted by Crippen LogP contribution is 2.32.